The first-order valence-corrected chi connectivity index (χ1v) is 12.2. The summed E-state index contributed by atoms with van der Waals surface area (Å²) in [6.07, 6.45) is 6.25. The van der Waals surface area contributed by atoms with E-state index in [0.717, 1.165) is 37.7 Å². The molecule has 0 spiro atoms. The van der Waals surface area contributed by atoms with Crippen molar-refractivity contribution in [1.82, 2.24) is 4.31 Å². The summed E-state index contributed by atoms with van der Waals surface area (Å²) in [4.78, 5) is 11.4. The molecular weight excluding hydrogens is 454 g/mol. The molecule has 0 aromatic heterocycles. The summed E-state index contributed by atoms with van der Waals surface area (Å²) in [7, 11) is -3.74. The van der Waals surface area contributed by atoms with Crippen molar-refractivity contribution in [2.75, 3.05) is 0 Å². The van der Waals surface area contributed by atoms with Gasteiger partial charge in [-0.15, -0.1) is 0 Å². The molecule has 0 heterocycles. The number of benzene rings is 2. The van der Waals surface area contributed by atoms with Gasteiger partial charge in [0.05, 0.1) is 10.5 Å². The zero-order valence-electron chi connectivity index (χ0n) is 17.6. The monoisotopic (exact) mass is 483 g/mol. The van der Waals surface area contributed by atoms with Crippen LogP contribution in [0.4, 0.5) is 0 Å². The third-order valence-electron chi connectivity index (χ3n) is 5.94. The highest BCUT2D eigenvalue weighted by molar-refractivity contribution is 7.89. The van der Waals surface area contributed by atoms with E-state index in [2.05, 4.69) is 0 Å². The Labute approximate surface area is 196 Å². The summed E-state index contributed by atoms with van der Waals surface area (Å²) in [5, 5.41) is 9.63. The Kier molecular flexibility index (Phi) is 9.43. The number of halogens is 1. The number of carbonyl (C=O) groups is 1. The number of aromatic carboxylic acids is 1. The van der Waals surface area contributed by atoms with Crippen LogP contribution in [-0.4, -0.2) is 29.8 Å². The first-order valence-electron chi connectivity index (χ1n) is 10.4. The number of rotatable bonds is 8. The van der Waals surface area contributed by atoms with E-state index in [9.17, 15) is 13.2 Å². The van der Waals surface area contributed by atoms with E-state index in [1.54, 1.807) is 40.7 Å². The molecule has 1 N–H and O–H groups in total. The van der Waals surface area contributed by atoms with Crippen LogP contribution in [0.15, 0.2) is 53.4 Å². The van der Waals surface area contributed by atoms with Crippen molar-refractivity contribution in [3.8, 4) is 0 Å². The molecule has 2 aromatic carbocycles. The van der Waals surface area contributed by atoms with Gasteiger partial charge in [0.2, 0.25) is 10.0 Å². The minimum atomic E-state index is -3.74. The van der Waals surface area contributed by atoms with Crippen LogP contribution in [0.5, 0.6) is 0 Å². The second-order valence-electron chi connectivity index (χ2n) is 7.88. The molecule has 170 valence electrons. The Morgan fingerprint density at radius 2 is 1.65 bits per heavy atom. The SMILES string of the molecule is CCC(C1CCCCC1)N(Cc1ccc(C(=O)O)cc1)S(=O)(=O)c1ccc(Cl)cc1.S. The smallest absolute Gasteiger partial charge is 0.335 e. The van der Waals surface area contributed by atoms with Crippen LogP contribution in [0.25, 0.3) is 0 Å². The van der Waals surface area contributed by atoms with Crippen molar-refractivity contribution in [3.63, 3.8) is 0 Å². The van der Waals surface area contributed by atoms with Crippen molar-refractivity contribution >= 4 is 41.1 Å². The van der Waals surface area contributed by atoms with Crippen molar-refractivity contribution in [2.45, 2.75) is 62.9 Å². The molecule has 1 unspecified atom stereocenters. The molecular formula is C23H30ClNO4S2. The molecule has 0 saturated heterocycles. The van der Waals surface area contributed by atoms with Crippen LogP contribution in [0.1, 0.15) is 61.4 Å². The topological polar surface area (TPSA) is 74.7 Å². The summed E-state index contributed by atoms with van der Waals surface area (Å²) in [5.41, 5.74) is 0.956. The summed E-state index contributed by atoms with van der Waals surface area (Å²) >= 11 is 5.97. The Balaban J connectivity index is 0.00000341. The number of hydrogen-bond donors (Lipinski definition) is 1. The zero-order chi connectivity index (χ0) is 21.7. The lowest BCUT2D eigenvalue weighted by Gasteiger charge is -2.37. The average Bonchev–Trinajstić information content (AvgIpc) is 2.75. The number of hydrogen-bond acceptors (Lipinski definition) is 3. The van der Waals surface area contributed by atoms with Gasteiger partial charge in [-0.05, 0) is 67.1 Å². The zero-order valence-corrected chi connectivity index (χ0v) is 20.2. The molecule has 31 heavy (non-hydrogen) atoms. The summed E-state index contributed by atoms with van der Waals surface area (Å²) in [6, 6.07) is 12.6. The van der Waals surface area contributed by atoms with E-state index >= 15 is 0 Å². The minimum absolute atomic E-state index is 0. The van der Waals surface area contributed by atoms with Gasteiger partial charge in [-0.3, -0.25) is 0 Å². The molecule has 0 radical (unpaired) electrons. The fraction of sp³-hybridized carbons (Fsp3) is 0.435. The second-order valence-corrected chi connectivity index (χ2v) is 10.2. The highest BCUT2D eigenvalue weighted by Crippen LogP contribution is 2.34. The first kappa shape index (κ1) is 25.7. The van der Waals surface area contributed by atoms with Gasteiger partial charge < -0.3 is 5.11 Å². The predicted octanol–water partition coefficient (Wildman–Crippen LogP) is 5.70. The lowest BCUT2D eigenvalue weighted by Crippen LogP contribution is -2.44. The second kappa shape index (κ2) is 11.4. The van der Waals surface area contributed by atoms with Crippen LogP contribution >= 0.6 is 25.1 Å². The molecule has 2 aromatic rings. The number of carboxylic acids is 1. The summed E-state index contributed by atoms with van der Waals surface area (Å²) in [5.74, 6) is -0.676. The number of sulfonamides is 1. The van der Waals surface area contributed by atoms with E-state index in [1.165, 1.54) is 18.6 Å². The lowest BCUT2D eigenvalue weighted by atomic mass is 9.83. The Morgan fingerprint density at radius 1 is 1.06 bits per heavy atom. The largest absolute Gasteiger partial charge is 0.478 e. The van der Waals surface area contributed by atoms with Crippen LogP contribution in [-0.2, 0) is 16.6 Å². The van der Waals surface area contributed by atoms with Gasteiger partial charge in [-0.1, -0.05) is 49.9 Å². The highest BCUT2D eigenvalue weighted by Gasteiger charge is 2.35. The first-order chi connectivity index (χ1) is 14.3. The Bertz CT molecular complexity index is 956. The standard InChI is InChI=1S/C23H28ClNO4S.H2S/c1-2-22(18-6-4-3-5-7-18)25(16-17-8-10-19(11-9-17)23(26)27)30(28,29)21-14-12-20(24)13-15-21;/h8-15,18,22H,2-7,16H2,1H3,(H,26,27);1H2. The summed E-state index contributed by atoms with van der Waals surface area (Å²) < 4.78 is 28.9. The van der Waals surface area contributed by atoms with E-state index in [-0.39, 0.29) is 36.5 Å². The molecule has 0 bridgehead atoms. The molecule has 5 nitrogen and oxygen atoms in total. The van der Waals surface area contributed by atoms with Crippen LogP contribution < -0.4 is 0 Å². The molecule has 1 aliphatic carbocycles. The third-order valence-corrected chi connectivity index (χ3v) is 8.08. The Morgan fingerprint density at radius 3 is 2.16 bits per heavy atom. The molecule has 1 fully saturated rings. The average molecular weight is 484 g/mol. The molecule has 3 rings (SSSR count). The van der Waals surface area contributed by atoms with Crippen molar-refractivity contribution < 1.29 is 18.3 Å². The molecule has 8 heteroatoms. The van der Waals surface area contributed by atoms with Crippen molar-refractivity contribution in [2.24, 2.45) is 5.92 Å². The van der Waals surface area contributed by atoms with Gasteiger partial charge >= 0.3 is 5.97 Å². The Hall–Kier alpha value is -1.54. The maximum absolute atomic E-state index is 13.7. The van der Waals surface area contributed by atoms with E-state index in [1.807, 2.05) is 6.92 Å². The third kappa shape index (κ3) is 6.25. The molecule has 0 aliphatic heterocycles. The molecule has 1 atom stereocenters. The fourth-order valence-corrected chi connectivity index (χ4v) is 6.22. The summed E-state index contributed by atoms with van der Waals surface area (Å²) in [6.45, 7) is 2.25. The molecule has 1 aliphatic rings. The highest BCUT2D eigenvalue weighted by atomic mass is 35.5. The van der Waals surface area contributed by atoms with Gasteiger partial charge in [0.15, 0.2) is 0 Å². The maximum atomic E-state index is 13.7. The number of nitrogens with zero attached hydrogens (tertiary/aromatic N) is 1. The van der Waals surface area contributed by atoms with Gasteiger partial charge in [-0.2, -0.15) is 17.8 Å². The maximum Gasteiger partial charge on any atom is 0.335 e. The quantitative estimate of drug-likeness (QED) is 0.522. The van der Waals surface area contributed by atoms with Gasteiger partial charge in [0, 0.05) is 17.6 Å². The van der Waals surface area contributed by atoms with Gasteiger partial charge in [0.1, 0.15) is 0 Å². The number of carboxylic acid groups (broad SMARTS) is 1. The van der Waals surface area contributed by atoms with Gasteiger partial charge in [-0.25, -0.2) is 13.2 Å². The predicted molar refractivity (Wildman–Crippen MR) is 129 cm³/mol. The van der Waals surface area contributed by atoms with E-state index in [0.29, 0.717) is 10.9 Å². The van der Waals surface area contributed by atoms with Crippen LogP contribution in [0.2, 0.25) is 5.02 Å². The fourth-order valence-electron chi connectivity index (χ4n) is 4.35. The molecule has 1 saturated carbocycles. The van der Waals surface area contributed by atoms with E-state index in [4.69, 9.17) is 16.7 Å². The lowest BCUT2D eigenvalue weighted by molar-refractivity contribution is 0.0697. The van der Waals surface area contributed by atoms with Crippen molar-refractivity contribution in [1.29, 1.82) is 0 Å². The van der Waals surface area contributed by atoms with Gasteiger partial charge in [0.25, 0.3) is 0 Å². The minimum Gasteiger partial charge on any atom is -0.478 e. The molecule has 0 amide bonds. The van der Waals surface area contributed by atoms with Crippen molar-refractivity contribution in [3.05, 3.63) is 64.7 Å². The van der Waals surface area contributed by atoms with Crippen LogP contribution in [0.3, 0.4) is 0 Å². The van der Waals surface area contributed by atoms with Crippen LogP contribution in [0, 0.1) is 5.92 Å². The normalized spacial score (nSPS) is 16.0. The van der Waals surface area contributed by atoms with E-state index < -0.39 is 16.0 Å².